The molecule has 31 heavy (non-hydrogen) atoms. The van der Waals surface area contributed by atoms with Crippen LogP contribution in [0.25, 0.3) is 0 Å². The van der Waals surface area contributed by atoms with Gasteiger partial charge in [-0.3, -0.25) is 0 Å². The number of carbonyl (C=O) groups excluding carboxylic acids is 2. The highest BCUT2D eigenvalue weighted by Gasteiger charge is 2.24. The van der Waals surface area contributed by atoms with E-state index in [0.29, 0.717) is 43.5 Å². The molecule has 0 aliphatic heterocycles. The fourth-order valence-electron chi connectivity index (χ4n) is 3.88. The average molecular weight is 435 g/mol. The van der Waals surface area contributed by atoms with Crippen molar-refractivity contribution in [2.75, 3.05) is 26.4 Å². The van der Waals surface area contributed by atoms with E-state index < -0.39 is 11.9 Å². The maximum absolute atomic E-state index is 12.4. The van der Waals surface area contributed by atoms with Crippen LogP contribution in [0.3, 0.4) is 0 Å². The molecule has 0 fully saturated rings. The van der Waals surface area contributed by atoms with Crippen molar-refractivity contribution in [3.8, 4) is 0 Å². The molecule has 8 heteroatoms. The average Bonchev–Trinajstić information content (AvgIpc) is 3.22. The summed E-state index contributed by atoms with van der Waals surface area (Å²) < 4.78 is 10.3. The van der Waals surface area contributed by atoms with Crippen LogP contribution in [0.2, 0.25) is 0 Å². The summed E-state index contributed by atoms with van der Waals surface area (Å²) in [5.41, 5.74) is 6.07. The number of aromatic nitrogens is 2. The van der Waals surface area contributed by atoms with Gasteiger partial charge >= 0.3 is 11.9 Å². The van der Waals surface area contributed by atoms with Gasteiger partial charge in [-0.1, -0.05) is 0 Å². The molecule has 0 aliphatic rings. The Kier molecular flexibility index (Phi) is 9.33. The first-order chi connectivity index (χ1) is 14.9. The molecule has 0 atom stereocenters. The molecule has 8 nitrogen and oxygen atoms in total. The lowest BCUT2D eigenvalue weighted by molar-refractivity contribution is 0.0510. The second kappa shape index (κ2) is 11.7. The molecular formula is C23H34N2O6. The number of H-pyrrole nitrogens is 2. The molecule has 0 radical (unpaired) electrons. The van der Waals surface area contributed by atoms with E-state index in [9.17, 15) is 19.8 Å². The highest BCUT2D eigenvalue weighted by molar-refractivity contribution is 5.90. The van der Waals surface area contributed by atoms with Crippen LogP contribution in [0.4, 0.5) is 0 Å². The number of aromatic amines is 2. The number of aliphatic hydroxyl groups is 2. The zero-order valence-electron chi connectivity index (χ0n) is 18.9. The number of aliphatic hydroxyl groups excluding tert-OH is 2. The minimum absolute atomic E-state index is 0.0508. The number of hydrogen-bond donors (Lipinski definition) is 4. The Morgan fingerprint density at radius 3 is 1.48 bits per heavy atom. The van der Waals surface area contributed by atoms with Gasteiger partial charge in [0.05, 0.1) is 13.2 Å². The van der Waals surface area contributed by atoms with Gasteiger partial charge in [0, 0.05) is 31.0 Å². The first-order valence-corrected chi connectivity index (χ1v) is 10.9. The topological polar surface area (TPSA) is 125 Å². The van der Waals surface area contributed by atoms with Crippen molar-refractivity contribution < 1.29 is 29.3 Å². The third kappa shape index (κ3) is 5.77. The summed E-state index contributed by atoms with van der Waals surface area (Å²) in [5, 5.41) is 18.6. The molecule has 0 saturated heterocycles. The van der Waals surface area contributed by atoms with E-state index in [0.717, 1.165) is 33.6 Å². The van der Waals surface area contributed by atoms with Crippen molar-refractivity contribution in [1.29, 1.82) is 0 Å². The molecule has 0 amide bonds. The lowest BCUT2D eigenvalue weighted by atomic mass is 9.98. The van der Waals surface area contributed by atoms with Crippen LogP contribution in [0, 0.1) is 13.8 Å². The molecule has 2 aromatic rings. The van der Waals surface area contributed by atoms with Gasteiger partial charge in [0.25, 0.3) is 0 Å². The Labute approximate surface area is 183 Å². The summed E-state index contributed by atoms with van der Waals surface area (Å²) in [4.78, 5) is 31.2. The highest BCUT2D eigenvalue weighted by Crippen LogP contribution is 2.27. The van der Waals surface area contributed by atoms with Crippen molar-refractivity contribution in [1.82, 2.24) is 9.97 Å². The molecule has 2 heterocycles. The highest BCUT2D eigenvalue weighted by atomic mass is 16.5. The van der Waals surface area contributed by atoms with E-state index in [1.54, 1.807) is 13.8 Å². The summed E-state index contributed by atoms with van der Waals surface area (Å²) in [7, 11) is 0. The lowest BCUT2D eigenvalue weighted by Gasteiger charge is -2.07. The van der Waals surface area contributed by atoms with Crippen molar-refractivity contribution in [3.05, 3.63) is 45.0 Å². The molecule has 172 valence electrons. The Morgan fingerprint density at radius 1 is 0.774 bits per heavy atom. The maximum atomic E-state index is 12.4. The van der Waals surface area contributed by atoms with Gasteiger partial charge in [0.1, 0.15) is 11.4 Å². The molecule has 0 aliphatic carbocycles. The van der Waals surface area contributed by atoms with Crippen LogP contribution < -0.4 is 0 Å². The van der Waals surface area contributed by atoms with Gasteiger partial charge in [-0.25, -0.2) is 9.59 Å². The summed E-state index contributed by atoms with van der Waals surface area (Å²) in [6.45, 7) is 7.92. The number of nitrogens with one attached hydrogen (secondary N) is 2. The van der Waals surface area contributed by atoms with Gasteiger partial charge in [0.15, 0.2) is 0 Å². The molecule has 2 rings (SSSR count). The van der Waals surface area contributed by atoms with E-state index in [-0.39, 0.29) is 26.4 Å². The summed E-state index contributed by atoms with van der Waals surface area (Å²) >= 11 is 0. The van der Waals surface area contributed by atoms with Crippen molar-refractivity contribution in [2.45, 2.75) is 59.8 Å². The molecule has 0 aromatic carbocycles. The minimum atomic E-state index is -0.410. The van der Waals surface area contributed by atoms with Crippen LogP contribution in [0.1, 0.15) is 81.3 Å². The predicted octanol–water partition coefficient (Wildman–Crippen LogP) is 2.75. The standard InChI is InChI=1S/C23H34N2O6/c1-5-30-22(28)20-14(3)16(9-7-11-26)18(24-20)13-19-17(10-8-12-27)15(4)21(25-19)23(29)31-6-2/h24-27H,5-13H2,1-4H3. The monoisotopic (exact) mass is 434 g/mol. The van der Waals surface area contributed by atoms with Crippen LogP contribution in [0.5, 0.6) is 0 Å². The van der Waals surface area contributed by atoms with E-state index in [1.165, 1.54) is 0 Å². The number of carbonyl (C=O) groups is 2. The van der Waals surface area contributed by atoms with E-state index in [2.05, 4.69) is 9.97 Å². The van der Waals surface area contributed by atoms with Gasteiger partial charge in [-0.05, 0) is 75.6 Å². The Morgan fingerprint density at radius 2 is 1.16 bits per heavy atom. The van der Waals surface area contributed by atoms with E-state index >= 15 is 0 Å². The molecule has 0 bridgehead atoms. The molecular weight excluding hydrogens is 400 g/mol. The van der Waals surface area contributed by atoms with Crippen LogP contribution in [-0.2, 0) is 28.7 Å². The maximum Gasteiger partial charge on any atom is 0.355 e. The van der Waals surface area contributed by atoms with Crippen molar-refractivity contribution >= 4 is 11.9 Å². The zero-order chi connectivity index (χ0) is 23.0. The second-order valence-electron chi connectivity index (χ2n) is 7.44. The van der Waals surface area contributed by atoms with E-state index in [4.69, 9.17) is 9.47 Å². The minimum Gasteiger partial charge on any atom is -0.461 e. The Hall–Kier alpha value is -2.58. The quantitative estimate of drug-likeness (QED) is 0.381. The molecule has 0 spiro atoms. The number of rotatable bonds is 12. The van der Waals surface area contributed by atoms with Crippen LogP contribution >= 0.6 is 0 Å². The largest absolute Gasteiger partial charge is 0.461 e. The first-order valence-electron chi connectivity index (χ1n) is 10.9. The molecule has 4 N–H and O–H groups in total. The lowest BCUT2D eigenvalue weighted by Crippen LogP contribution is -2.07. The number of hydrogen-bond acceptors (Lipinski definition) is 6. The zero-order valence-corrected chi connectivity index (χ0v) is 18.9. The van der Waals surface area contributed by atoms with Crippen molar-refractivity contribution in [3.63, 3.8) is 0 Å². The summed E-state index contributed by atoms with van der Waals surface area (Å²) in [6, 6.07) is 0. The van der Waals surface area contributed by atoms with Gasteiger partial charge in [0.2, 0.25) is 0 Å². The third-order valence-electron chi connectivity index (χ3n) is 5.42. The molecule has 0 unspecified atom stereocenters. The SMILES string of the molecule is CCOC(=O)c1[nH]c(Cc2[nH]c(C(=O)OCC)c(C)c2CCCO)c(CCCO)c1C. The number of esters is 2. The van der Waals surface area contributed by atoms with Gasteiger partial charge in [-0.15, -0.1) is 0 Å². The molecule has 2 aromatic heterocycles. The first kappa shape index (κ1) is 24.7. The van der Waals surface area contributed by atoms with E-state index in [1.807, 2.05) is 13.8 Å². The summed E-state index contributed by atoms with van der Waals surface area (Å²) in [5.74, 6) is -0.821. The fourth-order valence-corrected chi connectivity index (χ4v) is 3.88. The second-order valence-corrected chi connectivity index (χ2v) is 7.44. The van der Waals surface area contributed by atoms with Gasteiger partial charge < -0.3 is 29.7 Å². The van der Waals surface area contributed by atoms with Crippen LogP contribution in [-0.4, -0.2) is 58.5 Å². The fraction of sp³-hybridized carbons (Fsp3) is 0.565. The number of ether oxygens (including phenoxy) is 2. The van der Waals surface area contributed by atoms with Gasteiger partial charge in [-0.2, -0.15) is 0 Å². The normalized spacial score (nSPS) is 11.0. The van der Waals surface area contributed by atoms with Crippen molar-refractivity contribution in [2.24, 2.45) is 0 Å². The third-order valence-corrected chi connectivity index (χ3v) is 5.42. The summed E-state index contributed by atoms with van der Waals surface area (Å²) in [6.07, 6.45) is 2.82. The molecule has 0 saturated carbocycles. The Bertz CT molecular complexity index is 824. The smallest absolute Gasteiger partial charge is 0.355 e. The predicted molar refractivity (Wildman–Crippen MR) is 117 cm³/mol. The Balaban J connectivity index is 2.49. The van der Waals surface area contributed by atoms with Crippen LogP contribution in [0.15, 0.2) is 0 Å².